The molecule has 0 heterocycles. The van der Waals surface area contributed by atoms with Gasteiger partial charge in [0.15, 0.2) is 0 Å². The van der Waals surface area contributed by atoms with Gasteiger partial charge in [-0.3, -0.25) is 0 Å². The van der Waals surface area contributed by atoms with Crippen molar-refractivity contribution in [3.63, 3.8) is 0 Å². The van der Waals surface area contributed by atoms with Crippen LogP contribution in [-0.2, 0) is 0 Å². The highest BCUT2D eigenvalue weighted by atomic mass is 79.9. The Morgan fingerprint density at radius 1 is 1.56 bits per heavy atom. The van der Waals surface area contributed by atoms with E-state index in [1.807, 2.05) is 24.3 Å². The van der Waals surface area contributed by atoms with Crippen molar-refractivity contribution in [2.45, 2.75) is 25.3 Å². The molecule has 1 rings (SSSR count). The fourth-order valence-electron chi connectivity index (χ4n) is 1.56. The molecule has 0 amide bonds. The molecule has 0 aliphatic heterocycles. The molecule has 2 nitrogen and oxygen atoms in total. The number of halogens is 1. The molecule has 88 valence electrons. The van der Waals surface area contributed by atoms with E-state index in [1.165, 1.54) is 0 Å². The second-order valence-corrected chi connectivity index (χ2v) is 4.57. The zero-order valence-electron chi connectivity index (χ0n) is 9.58. The van der Waals surface area contributed by atoms with Crippen LogP contribution >= 0.6 is 15.9 Å². The Morgan fingerprint density at radius 3 is 2.88 bits per heavy atom. The quantitative estimate of drug-likeness (QED) is 0.636. The molecule has 1 atom stereocenters. The topological polar surface area (TPSA) is 35.2 Å². The Bertz CT molecular complexity index is 352. The van der Waals surface area contributed by atoms with E-state index < -0.39 is 0 Å². The van der Waals surface area contributed by atoms with Gasteiger partial charge in [-0.05, 0) is 52.9 Å². The van der Waals surface area contributed by atoms with E-state index in [0.717, 1.165) is 35.0 Å². The molecule has 3 heteroatoms. The number of hydrogen-bond donors (Lipinski definition) is 1. The highest BCUT2D eigenvalue weighted by Crippen LogP contribution is 2.28. The van der Waals surface area contributed by atoms with Crippen LogP contribution in [0.15, 0.2) is 35.3 Å². The Kier molecular flexibility index (Phi) is 5.56. The SMILES string of the molecule is C=CCCCC(N)c1ccc(OC)c(Br)c1. The van der Waals surface area contributed by atoms with Crippen molar-refractivity contribution in [2.24, 2.45) is 5.73 Å². The van der Waals surface area contributed by atoms with Crippen LogP contribution in [-0.4, -0.2) is 7.11 Å². The third kappa shape index (κ3) is 3.65. The lowest BCUT2D eigenvalue weighted by atomic mass is 10.0. The van der Waals surface area contributed by atoms with E-state index in [1.54, 1.807) is 7.11 Å². The van der Waals surface area contributed by atoms with Crippen LogP contribution in [0.1, 0.15) is 30.9 Å². The van der Waals surface area contributed by atoms with Gasteiger partial charge in [-0.1, -0.05) is 12.1 Å². The summed E-state index contributed by atoms with van der Waals surface area (Å²) in [6.07, 6.45) is 5.00. The summed E-state index contributed by atoms with van der Waals surface area (Å²) >= 11 is 3.46. The third-order valence-corrected chi connectivity index (χ3v) is 3.15. The van der Waals surface area contributed by atoms with Crippen LogP contribution < -0.4 is 10.5 Å². The van der Waals surface area contributed by atoms with Crippen molar-refractivity contribution < 1.29 is 4.74 Å². The van der Waals surface area contributed by atoms with E-state index >= 15 is 0 Å². The minimum atomic E-state index is 0.0853. The van der Waals surface area contributed by atoms with Crippen LogP contribution in [0.2, 0.25) is 0 Å². The minimum absolute atomic E-state index is 0.0853. The van der Waals surface area contributed by atoms with Gasteiger partial charge in [0.2, 0.25) is 0 Å². The Labute approximate surface area is 106 Å². The molecule has 0 fully saturated rings. The number of nitrogens with two attached hydrogens (primary N) is 1. The van der Waals surface area contributed by atoms with Gasteiger partial charge in [-0.25, -0.2) is 0 Å². The first kappa shape index (κ1) is 13.3. The van der Waals surface area contributed by atoms with Crippen LogP contribution in [0.3, 0.4) is 0 Å². The molecule has 0 saturated carbocycles. The largest absolute Gasteiger partial charge is 0.496 e. The van der Waals surface area contributed by atoms with Gasteiger partial charge >= 0.3 is 0 Å². The summed E-state index contributed by atoms with van der Waals surface area (Å²) < 4.78 is 6.13. The van der Waals surface area contributed by atoms with Gasteiger partial charge in [-0.15, -0.1) is 6.58 Å². The summed E-state index contributed by atoms with van der Waals surface area (Å²) in [4.78, 5) is 0. The number of ether oxygens (including phenoxy) is 1. The molecule has 0 saturated heterocycles. The summed E-state index contributed by atoms with van der Waals surface area (Å²) in [6.45, 7) is 3.70. The first-order chi connectivity index (χ1) is 7.69. The molecule has 0 bridgehead atoms. The van der Waals surface area contributed by atoms with Gasteiger partial charge in [0.05, 0.1) is 11.6 Å². The molecule has 16 heavy (non-hydrogen) atoms. The normalized spacial score (nSPS) is 12.2. The van der Waals surface area contributed by atoms with Crippen molar-refractivity contribution in [2.75, 3.05) is 7.11 Å². The van der Waals surface area contributed by atoms with Crippen LogP contribution in [0.4, 0.5) is 0 Å². The predicted molar refractivity (Wildman–Crippen MR) is 71.7 cm³/mol. The summed E-state index contributed by atoms with van der Waals surface area (Å²) in [7, 11) is 1.66. The number of unbranched alkanes of at least 4 members (excludes halogenated alkanes) is 1. The van der Waals surface area contributed by atoms with Gasteiger partial charge in [-0.2, -0.15) is 0 Å². The van der Waals surface area contributed by atoms with Crippen molar-refractivity contribution >= 4 is 15.9 Å². The molecule has 2 N–H and O–H groups in total. The predicted octanol–water partition coefficient (Wildman–Crippen LogP) is 3.81. The highest BCUT2D eigenvalue weighted by Gasteiger charge is 2.08. The van der Waals surface area contributed by atoms with E-state index in [9.17, 15) is 0 Å². The number of benzene rings is 1. The molecule has 0 aliphatic carbocycles. The van der Waals surface area contributed by atoms with E-state index in [2.05, 4.69) is 22.5 Å². The lowest BCUT2D eigenvalue weighted by Gasteiger charge is -2.13. The summed E-state index contributed by atoms with van der Waals surface area (Å²) in [5.41, 5.74) is 7.24. The fourth-order valence-corrected chi connectivity index (χ4v) is 2.12. The number of hydrogen-bond acceptors (Lipinski definition) is 2. The summed E-state index contributed by atoms with van der Waals surface area (Å²) in [5, 5.41) is 0. The fraction of sp³-hybridized carbons (Fsp3) is 0.385. The van der Waals surface area contributed by atoms with Crippen molar-refractivity contribution in [1.82, 2.24) is 0 Å². The Morgan fingerprint density at radius 2 is 2.31 bits per heavy atom. The number of rotatable bonds is 6. The van der Waals surface area contributed by atoms with Gasteiger partial charge in [0.25, 0.3) is 0 Å². The lowest BCUT2D eigenvalue weighted by molar-refractivity contribution is 0.411. The van der Waals surface area contributed by atoms with Crippen LogP contribution in [0, 0.1) is 0 Å². The molecule has 1 aromatic rings. The van der Waals surface area contributed by atoms with Crippen LogP contribution in [0.25, 0.3) is 0 Å². The highest BCUT2D eigenvalue weighted by molar-refractivity contribution is 9.10. The Balaban J connectivity index is 2.65. The molecule has 1 unspecified atom stereocenters. The van der Waals surface area contributed by atoms with Gasteiger partial charge < -0.3 is 10.5 Å². The van der Waals surface area contributed by atoms with Crippen molar-refractivity contribution in [1.29, 1.82) is 0 Å². The lowest BCUT2D eigenvalue weighted by Crippen LogP contribution is -2.10. The first-order valence-electron chi connectivity index (χ1n) is 5.39. The average Bonchev–Trinajstić information content (AvgIpc) is 2.29. The van der Waals surface area contributed by atoms with Crippen molar-refractivity contribution in [3.05, 3.63) is 40.9 Å². The van der Waals surface area contributed by atoms with E-state index in [-0.39, 0.29) is 6.04 Å². The Hall–Kier alpha value is -0.800. The van der Waals surface area contributed by atoms with Gasteiger partial charge in [0.1, 0.15) is 5.75 Å². The molecule has 1 aromatic carbocycles. The maximum Gasteiger partial charge on any atom is 0.133 e. The second kappa shape index (κ2) is 6.71. The summed E-state index contributed by atoms with van der Waals surface area (Å²) in [6, 6.07) is 6.06. The average molecular weight is 284 g/mol. The maximum atomic E-state index is 6.10. The smallest absolute Gasteiger partial charge is 0.133 e. The number of allylic oxidation sites excluding steroid dienone is 1. The van der Waals surface area contributed by atoms with Gasteiger partial charge in [0, 0.05) is 6.04 Å². The van der Waals surface area contributed by atoms with E-state index in [4.69, 9.17) is 10.5 Å². The molecule has 0 radical (unpaired) electrons. The molecular formula is C13H18BrNO. The standard InChI is InChI=1S/C13H18BrNO/c1-3-4-5-6-12(15)10-7-8-13(16-2)11(14)9-10/h3,7-9,12H,1,4-6,15H2,2H3. The number of methoxy groups -OCH3 is 1. The van der Waals surface area contributed by atoms with Crippen molar-refractivity contribution in [3.8, 4) is 5.75 Å². The zero-order chi connectivity index (χ0) is 12.0. The third-order valence-electron chi connectivity index (χ3n) is 2.53. The monoisotopic (exact) mass is 283 g/mol. The first-order valence-corrected chi connectivity index (χ1v) is 6.18. The van der Waals surface area contributed by atoms with Crippen LogP contribution in [0.5, 0.6) is 5.75 Å². The summed E-state index contributed by atoms with van der Waals surface area (Å²) in [5.74, 6) is 0.835. The molecular weight excluding hydrogens is 266 g/mol. The zero-order valence-corrected chi connectivity index (χ0v) is 11.2. The second-order valence-electron chi connectivity index (χ2n) is 3.72. The maximum absolute atomic E-state index is 6.10. The molecule has 0 aromatic heterocycles. The minimum Gasteiger partial charge on any atom is -0.496 e. The van der Waals surface area contributed by atoms with E-state index in [0.29, 0.717) is 0 Å². The molecule has 0 aliphatic rings. The molecule has 0 spiro atoms.